The molecule has 0 spiro atoms. The first-order valence-electron chi connectivity index (χ1n) is 7.23. The summed E-state index contributed by atoms with van der Waals surface area (Å²) in [5, 5.41) is 4.82. The van der Waals surface area contributed by atoms with Crippen LogP contribution < -0.4 is 5.32 Å². The number of thioether (sulfide) groups is 1. The molecule has 2 aliphatic carbocycles. The maximum Gasteiger partial charge on any atom is 0.0325 e. The van der Waals surface area contributed by atoms with Gasteiger partial charge in [0.05, 0.1) is 0 Å². The molecule has 3 rings (SSSR count). The van der Waals surface area contributed by atoms with E-state index in [1.807, 2.05) is 11.8 Å². The summed E-state index contributed by atoms with van der Waals surface area (Å²) in [6.45, 7) is 0. The van der Waals surface area contributed by atoms with Gasteiger partial charge in [0.15, 0.2) is 0 Å². The molecular formula is C16H23NS. The molecule has 0 aromatic heterocycles. The van der Waals surface area contributed by atoms with Crippen molar-refractivity contribution in [1.29, 1.82) is 0 Å². The van der Waals surface area contributed by atoms with Crippen molar-refractivity contribution < 1.29 is 0 Å². The highest BCUT2D eigenvalue weighted by Gasteiger charge is 2.28. The van der Waals surface area contributed by atoms with E-state index in [2.05, 4.69) is 35.8 Å². The molecule has 0 aliphatic heterocycles. The van der Waals surface area contributed by atoms with Crippen LogP contribution >= 0.6 is 11.8 Å². The summed E-state index contributed by atoms with van der Waals surface area (Å²) in [5.41, 5.74) is 3.14. The second kappa shape index (κ2) is 5.66. The topological polar surface area (TPSA) is 12.0 Å². The Morgan fingerprint density at radius 2 is 2.06 bits per heavy atom. The summed E-state index contributed by atoms with van der Waals surface area (Å²) in [4.78, 5) is 0. The predicted molar refractivity (Wildman–Crippen MR) is 80.2 cm³/mol. The summed E-state index contributed by atoms with van der Waals surface area (Å²) < 4.78 is 0. The molecule has 0 bridgehead atoms. The first-order chi connectivity index (χ1) is 8.86. The van der Waals surface area contributed by atoms with Gasteiger partial charge in [0.25, 0.3) is 0 Å². The zero-order valence-corrected chi connectivity index (χ0v) is 12.0. The van der Waals surface area contributed by atoms with Gasteiger partial charge in [-0.15, -0.1) is 0 Å². The van der Waals surface area contributed by atoms with Crippen LogP contribution in [-0.2, 0) is 6.42 Å². The quantitative estimate of drug-likeness (QED) is 0.884. The first kappa shape index (κ1) is 12.6. The standard InChI is InChI=1S/C16H23NS/c1-18-14-10-9-13(11-14)17-16-8-4-6-12-5-2-3-7-15(12)16/h2-3,5,7,13-14,16-17H,4,6,8-11H2,1H3. The van der Waals surface area contributed by atoms with Crippen molar-refractivity contribution in [3.8, 4) is 0 Å². The van der Waals surface area contributed by atoms with E-state index in [4.69, 9.17) is 0 Å². The normalized spacial score (nSPS) is 31.3. The predicted octanol–water partition coefficient (Wildman–Crippen LogP) is 3.94. The second-order valence-electron chi connectivity index (χ2n) is 5.68. The molecule has 1 aromatic rings. The summed E-state index contributed by atoms with van der Waals surface area (Å²) in [5.74, 6) is 0. The van der Waals surface area contributed by atoms with Gasteiger partial charge in [0.1, 0.15) is 0 Å². The largest absolute Gasteiger partial charge is 0.307 e. The Morgan fingerprint density at radius 3 is 2.89 bits per heavy atom. The number of hydrogen-bond acceptors (Lipinski definition) is 2. The minimum atomic E-state index is 0.612. The van der Waals surface area contributed by atoms with E-state index in [9.17, 15) is 0 Å². The molecule has 3 atom stereocenters. The Labute approximate surface area is 115 Å². The fraction of sp³-hybridized carbons (Fsp3) is 0.625. The summed E-state index contributed by atoms with van der Waals surface area (Å²) in [6, 6.07) is 10.4. The van der Waals surface area contributed by atoms with Gasteiger partial charge in [-0.1, -0.05) is 24.3 Å². The second-order valence-corrected chi connectivity index (χ2v) is 6.82. The fourth-order valence-electron chi connectivity index (χ4n) is 3.52. The molecule has 1 nitrogen and oxygen atoms in total. The fourth-order valence-corrected chi connectivity index (χ4v) is 4.31. The molecule has 2 heteroatoms. The third-order valence-corrected chi connectivity index (χ3v) is 5.62. The van der Waals surface area contributed by atoms with Crippen molar-refractivity contribution in [2.75, 3.05) is 6.26 Å². The molecule has 0 heterocycles. The molecule has 1 saturated carbocycles. The zero-order chi connectivity index (χ0) is 12.4. The van der Waals surface area contributed by atoms with E-state index >= 15 is 0 Å². The highest BCUT2D eigenvalue weighted by molar-refractivity contribution is 7.99. The zero-order valence-electron chi connectivity index (χ0n) is 11.2. The minimum absolute atomic E-state index is 0.612. The Morgan fingerprint density at radius 1 is 1.17 bits per heavy atom. The maximum atomic E-state index is 3.92. The van der Waals surface area contributed by atoms with Crippen LogP contribution in [0.4, 0.5) is 0 Å². The summed E-state index contributed by atoms with van der Waals surface area (Å²) >= 11 is 2.04. The number of aryl methyl sites for hydroxylation is 1. The Bertz CT molecular complexity index is 404. The summed E-state index contributed by atoms with van der Waals surface area (Å²) in [7, 11) is 0. The third kappa shape index (κ3) is 2.60. The van der Waals surface area contributed by atoms with E-state index < -0.39 is 0 Å². The molecular weight excluding hydrogens is 238 g/mol. The summed E-state index contributed by atoms with van der Waals surface area (Å²) in [6.07, 6.45) is 10.3. The van der Waals surface area contributed by atoms with Crippen LogP contribution in [0.25, 0.3) is 0 Å². The van der Waals surface area contributed by atoms with E-state index in [1.165, 1.54) is 38.5 Å². The van der Waals surface area contributed by atoms with Gasteiger partial charge in [-0.25, -0.2) is 0 Å². The third-order valence-electron chi connectivity index (χ3n) is 4.52. The molecule has 98 valence electrons. The molecule has 18 heavy (non-hydrogen) atoms. The van der Waals surface area contributed by atoms with Crippen molar-refractivity contribution in [3.05, 3.63) is 35.4 Å². The van der Waals surface area contributed by atoms with Gasteiger partial charge >= 0.3 is 0 Å². The monoisotopic (exact) mass is 261 g/mol. The average molecular weight is 261 g/mol. The smallest absolute Gasteiger partial charge is 0.0325 e. The lowest BCUT2D eigenvalue weighted by molar-refractivity contribution is 0.397. The van der Waals surface area contributed by atoms with Gasteiger partial charge < -0.3 is 5.32 Å². The molecule has 3 unspecified atom stereocenters. The van der Waals surface area contributed by atoms with Crippen LogP contribution in [-0.4, -0.2) is 17.5 Å². The van der Waals surface area contributed by atoms with Crippen molar-refractivity contribution in [2.24, 2.45) is 0 Å². The van der Waals surface area contributed by atoms with Crippen molar-refractivity contribution in [1.82, 2.24) is 5.32 Å². The average Bonchev–Trinajstić information content (AvgIpc) is 2.87. The van der Waals surface area contributed by atoms with Crippen LogP contribution in [0.5, 0.6) is 0 Å². The van der Waals surface area contributed by atoms with Crippen molar-refractivity contribution in [3.63, 3.8) is 0 Å². The molecule has 0 saturated heterocycles. The Kier molecular flexibility index (Phi) is 3.95. The molecule has 0 amide bonds. The van der Waals surface area contributed by atoms with Crippen LogP contribution in [0.1, 0.15) is 49.3 Å². The molecule has 0 radical (unpaired) electrons. The van der Waals surface area contributed by atoms with Gasteiger partial charge in [0, 0.05) is 17.3 Å². The van der Waals surface area contributed by atoms with Crippen molar-refractivity contribution >= 4 is 11.8 Å². The first-order valence-corrected chi connectivity index (χ1v) is 8.52. The number of benzene rings is 1. The number of rotatable bonds is 3. The molecule has 2 aliphatic rings. The lowest BCUT2D eigenvalue weighted by Gasteiger charge is -2.29. The van der Waals surface area contributed by atoms with Gasteiger partial charge in [-0.05, 0) is 55.9 Å². The highest BCUT2D eigenvalue weighted by Crippen LogP contribution is 2.34. The van der Waals surface area contributed by atoms with Crippen LogP contribution in [0.15, 0.2) is 24.3 Å². The molecule has 1 N–H and O–H groups in total. The van der Waals surface area contributed by atoms with Gasteiger partial charge in [-0.2, -0.15) is 11.8 Å². The van der Waals surface area contributed by atoms with Crippen LogP contribution in [0.3, 0.4) is 0 Å². The highest BCUT2D eigenvalue weighted by atomic mass is 32.2. The number of fused-ring (bicyclic) bond motifs is 1. The Hall–Kier alpha value is -0.470. The van der Waals surface area contributed by atoms with Crippen LogP contribution in [0, 0.1) is 0 Å². The van der Waals surface area contributed by atoms with E-state index in [0.717, 1.165) is 11.3 Å². The maximum absolute atomic E-state index is 3.92. The van der Waals surface area contributed by atoms with E-state index in [1.54, 1.807) is 11.1 Å². The number of hydrogen-bond donors (Lipinski definition) is 1. The lowest BCUT2D eigenvalue weighted by Crippen LogP contribution is -2.33. The minimum Gasteiger partial charge on any atom is -0.307 e. The van der Waals surface area contributed by atoms with Gasteiger partial charge in [0.2, 0.25) is 0 Å². The molecule has 1 aromatic carbocycles. The van der Waals surface area contributed by atoms with Crippen molar-refractivity contribution in [2.45, 2.75) is 55.9 Å². The lowest BCUT2D eigenvalue weighted by atomic mass is 9.87. The SMILES string of the molecule is CSC1CCC(NC2CCCc3ccccc32)C1. The number of nitrogens with one attached hydrogen (secondary N) is 1. The van der Waals surface area contributed by atoms with Gasteiger partial charge in [-0.3, -0.25) is 0 Å². The van der Waals surface area contributed by atoms with E-state index in [-0.39, 0.29) is 0 Å². The Balaban J connectivity index is 1.67. The van der Waals surface area contributed by atoms with E-state index in [0.29, 0.717) is 6.04 Å². The van der Waals surface area contributed by atoms with Crippen LogP contribution in [0.2, 0.25) is 0 Å². The molecule has 1 fully saturated rings.